The normalized spacial score (nSPS) is 18.8. The molecule has 4 rings (SSSR count). The summed E-state index contributed by atoms with van der Waals surface area (Å²) in [6, 6.07) is 21.7. The van der Waals surface area contributed by atoms with E-state index >= 15 is 0 Å². The molecule has 2 aromatic rings. The Balaban J connectivity index is 0.000000169. The maximum atomic E-state index is 5.58. The first kappa shape index (κ1) is 22.0. The predicted octanol–water partition coefficient (Wildman–Crippen LogP) is 4.13. The fraction of sp³-hybridized carbons (Fsp3) is 0.538. The van der Waals surface area contributed by atoms with Gasteiger partial charge >= 0.3 is 0 Å². The lowest BCUT2D eigenvalue weighted by Crippen LogP contribution is -2.37. The number of nitrogens with two attached hydrogens (primary N) is 1. The minimum Gasteiger partial charge on any atom is -0.329 e. The lowest BCUT2D eigenvalue weighted by atomic mass is 9.90. The molecule has 0 saturated carbocycles. The van der Waals surface area contributed by atoms with Gasteiger partial charge in [-0.1, -0.05) is 60.7 Å². The number of hydrogen-bond acceptors (Lipinski definition) is 3. The monoisotopic (exact) mass is 393 g/mol. The molecule has 0 unspecified atom stereocenters. The molecule has 2 fully saturated rings. The Kier molecular flexibility index (Phi) is 9.71. The molecule has 2 aliphatic rings. The van der Waals surface area contributed by atoms with E-state index in [-0.39, 0.29) is 0 Å². The van der Waals surface area contributed by atoms with E-state index in [1.807, 2.05) is 0 Å². The van der Waals surface area contributed by atoms with Crippen molar-refractivity contribution in [1.82, 2.24) is 10.2 Å². The summed E-state index contributed by atoms with van der Waals surface area (Å²) in [5.74, 6) is 1.78. The number of nitrogens with one attached hydrogen (secondary N) is 1. The highest BCUT2D eigenvalue weighted by molar-refractivity contribution is 5.16. The third-order valence-electron chi connectivity index (χ3n) is 6.35. The molecule has 158 valence electrons. The molecule has 29 heavy (non-hydrogen) atoms. The van der Waals surface area contributed by atoms with Gasteiger partial charge in [0, 0.05) is 13.1 Å². The van der Waals surface area contributed by atoms with Crippen molar-refractivity contribution in [3.8, 4) is 0 Å². The highest BCUT2D eigenvalue weighted by Crippen LogP contribution is 2.21. The van der Waals surface area contributed by atoms with E-state index < -0.39 is 0 Å². The van der Waals surface area contributed by atoms with Crippen molar-refractivity contribution in [2.75, 3.05) is 39.3 Å². The largest absolute Gasteiger partial charge is 0.329 e. The topological polar surface area (TPSA) is 41.3 Å². The van der Waals surface area contributed by atoms with Crippen molar-refractivity contribution < 1.29 is 0 Å². The third kappa shape index (κ3) is 8.30. The van der Waals surface area contributed by atoms with Crippen LogP contribution in [0.15, 0.2) is 60.7 Å². The van der Waals surface area contributed by atoms with E-state index in [2.05, 4.69) is 70.9 Å². The van der Waals surface area contributed by atoms with Crippen molar-refractivity contribution in [3.05, 3.63) is 71.8 Å². The maximum absolute atomic E-state index is 5.58. The second kappa shape index (κ2) is 12.8. The summed E-state index contributed by atoms with van der Waals surface area (Å²) in [5.41, 5.74) is 8.56. The van der Waals surface area contributed by atoms with Crippen molar-refractivity contribution in [2.45, 2.75) is 38.5 Å². The third-order valence-corrected chi connectivity index (χ3v) is 6.35. The van der Waals surface area contributed by atoms with Crippen molar-refractivity contribution in [2.24, 2.45) is 17.6 Å². The van der Waals surface area contributed by atoms with Gasteiger partial charge in [-0.05, 0) is 87.7 Å². The van der Waals surface area contributed by atoms with Gasteiger partial charge in [-0.2, -0.15) is 0 Å². The quantitative estimate of drug-likeness (QED) is 0.775. The van der Waals surface area contributed by atoms with Crippen molar-refractivity contribution >= 4 is 0 Å². The van der Waals surface area contributed by atoms with Crippen molar-refractivity contribution in [1.29, 1.82) is 0 Å². The van der Waals surface area contributed by atoms with Crippen LogP contribution in [0.4, 0.5) is 0 Å². The zero-order valence-electron chi connectivity index (χ0n) is 17.9. The van der Waals surface area contributed by atoms with Crippen LogP contribution in [0, 0.1) is 11.8 Å². The van der Waals surface area contributed by atoms with Gasteiger partial charge in [0.2, 0.25) is 0 Å². The average molecular weight is 394 g/mol. The molecule has 0 bridgehead atoms. The minimum atomic E-state index is 0.795. The summed E-state index contributed by atoms with van der Waals surface area (Å²) in [6.07, 6.45) is 7.85. The van der Waals surface area contributed by atoms with Gasteiger partial charge in [0.25, 0.3) is 0 Å². The molecule has 0 radical (unpaired) electrons. The van der Waals surface area contributed by atoms with Gasteiger partial charge in [0.15, 0.2) is 0 Å². The van der Waals surface area contributed by atoms with Crippen molar-refractivity contribution in [3.63, 3.8) is 0 Å². The standard InChI is InChI=1S/C14H22N2.C12H17N/c15-8-11-16-9-6-14(7-10-16)12-13-4-2-1-3-5-13;1-2-4-11(5-3-1)10-12-6-8-13-9-7-12/h1-5,14H,6-12,15H2;1-5,12-13H,6-10H2. The summed E-state index contributed by atoms with van der Waals surface area (Å²) in [7, 11) is 0. The Morgan fingerprint density at radius 1 is 0.724 bits per heavy atom. The van der Waals surface area contributed by atoms with Crippen LogP contribution in [-0.4, -0.2) is 44.2 Å². The maximum Gasteiger partial charge on any atom is 0.0105 e. The van der Waals surface area contributed by atoms with Crippen LogP contribution in [0.25, 0.3) is 0 Å². The number of benzene rings is 2. The first-order chi connectivity index (χ1) is 14.3. The van der Waals surface area contributed by atoms with E-state index in [1.54, 1.807) is 0 Å². The molecule has 2 heterocycles. The molecule has 3 N–H and O–H groups in total. The lowest BCUT2D eigenvalue weighted by Gasteiger charge is -2.31. The summed E-state index contributed by atoms with van der Waals surface area (Å²) in [6.45, 7) is 6.74. The van der Waals surface area contributed by atoms with Crippen LogP contribution in [0.1, 0.15) is 36.8 Å². The number of piperidine rings is 2. The second-order valence-electron chi connectivity index (χ2n) is 8.65. The Bertz CT molecular complexity index is 644. The first-order valence-electron chi connectivity index (χ1n) is 11.5. The highest BCUT2D eigenvalue weighted by atomic mass is 15.1. The number of nitrogens with zero attached hydrogens (tertiary/aromatic N) is 1. The number of rotatable bonds is 6. The lowest BCUT2D eigenvalue weighted by molar-refractivity contribution is 0.188. The zero-order chi connectivity index (χ0) is 20.2. The second-order valence-corrected chi connectivity index (χ2v) is 8.65. The Labute approximate surface area is 177 Å². The molecule has 3 heteroatoms. The molecule has 2 aliphatic heterocycles. The number of likely N-dealkylation sites (tertiary alicyclic amines) is 1. The van der Waals surface area contributed by atoms with Crippen LogP contribution < -0.4 is 11.1 Å². The van der Waals surface area contributed by atoms with E-state index in [0.29, 0.717) is 0 Å². The van der Waals surface area contributed by atoms with Gasteiger partial charge in [-0.15, -0.1) is 0 Å². The smallest absolute Gasteiger partial charge is 0.0105 e. The van der Waals surface area contributed by atoms with Gasteiger partial charge in [0.05, 0.1) is 0 Å². The minimum absolute atomic E-state index is 0.795. The van der Waals surface area contributed by atoms with E-state index in [9.17, 15) is 0 Å². The van der Waals surface area contributed by atoms with E-state index in [4.69, 9.17) is 5.73 Å². The molecule has 3 nitrogen and oxygen atoms in total. The van der Waals surface area contributed by atoms with Crippen LogP contribution in [0.2, 0.25) is 0 Å². The highest BCUT2D eigenvalue weighted by Gasteiger charge is 2.18. The van der Waals surface area contributed by atoms with E-state index in [1.165, 1.54) is 75.8 Å². The predicted molar refractivity (Wildman–Crippen MR) is 124 cm³/mol. The SMILES string of the molecule is NCCN1CCC(Cc2ccccc2)CC1.c1ccc(CC2CCNCC2)cc1. The molecule has 0 aliphatic carbocycles. The van der Waals surface area contributed by atoms with Crippen LogP contribution in [-0.2, 0) is 12.8 Å². The van der Waals surface area contributed by atoms with Crippen LogP contribution in [0.3, 0.4) is 0 Å². The molecular weight excluding hydrogens is 354 g/mol. The molecule has 0 spiro atoms. The van der Waals surface area contributed by atoms with Gasteiger partial charge < -0.3 is 16.0 Å². The molecule has 2 saturated heterocycles. The fourth-order valence-corrected chi connectivity index (χ4v) is 4.58. The fourth-order valence-electron chi connectivity index (χ4n) is 4.58. The molecule has 0 amide bonds. The van der Waals surface area contributed by atoms with Gasteiger partial charge in [0.1, 0.15) is 0 Å². The van der Waals surface area contributed by atoms with Gasteiger partial charge in [-0.3, -0.25) is 0 Å². The van der Waals surface area contributed by atoms with Crippen LogP contribution in [0.5, 0.6) is 0 Å². The summed E-state index contributed by atoms with van der Waals surface area (Å²) in [4.78, 5) is 2.49. The summed E-state index contributed by atoms with van der Waals surface area (Å²) >= 11 is 0. The Morgan fingerprint density at radius 2 is 1.21 bits per heavy atom. The molecule has 2 aromatic carbocycles. The average Bonchev–Trinajstić information content (AvgIpc) is 2.78. The zero-order valence-corrected chi connectivity index (χ0v) is 17.9. The number of hydrogen-bond donors (Lipinski definition) is 2. The van der Waals surface area contributed by atoms with E-state index in [0.717, 1.165) is 24.9 Å². The summed E-state index contributed by atoms with van der Waals surface area (Å²) in [5, 5.41) is 3.40. The van der Waals surface area contributed by atoms with Crippen LogP contribution >= 0.6 is 0 Å². The molecular formula is C26H39N3. The van der Waals surface area contributed by atoms with Gasteiger partial charge in [-0.25, -0.2) is 0 Å². The first-order valence-corrected chi connectivity index (χ1v) is 11.5. The molecule has 0 atom stereocenters. The Hall–Kier alpha value is -1.68. The Morgan fingerprint density at radius 3 is 1.69 bits per heavy atom. The summed E-state index contributed by atoms with van der Waals surface area (Å²) < 4.78 is 0. The molecule has 0 aromatic heterocycles.